The number of anilines is 1. The minimum absolute atomic E-state index is 0.693. The van der Waals surface area contributed by atoms with E-state index >= 15 is 0 Å². The molecule has 2 aromatic rings. The molecular formula is C18H23N3. The van der Waals surface area contributed by atoms with Crippen LogP contribution in [0.15, 0.2) is 36.5 Å². The molecule has 2 atom stereocenters. The lowest BCUT2D eigenvalue weighted by Crippen LogP contribution is -2.49. The number of piperidine rings is 1. The van der Waals surface area contributed by atoms with Crippen LogP contribution in [-0.4, -0.2) is 29.7 Å². The van der Waals surface area contributed by atoms with E-state index in [1.165, 1.54) is 36.8 Å². The first kappa shape index (κ1) is 13.1. The van der Waals surface area contributed by atoms with Gasteiger partial charge >= 0.3 is 0 Å². The van der Waals surface area contributed by atoms with Crippen LogP contribution in [0, 0.1) is 0 Å². The number of rotatable bonds is 3. The van der Waals surface area contributed by atoms with Crippen molar-refractivity contribution in [3.8, 4) is 0 Å². The van der Waals surface area contributed by atoms with Crippen molar-refractivity contribution < 1.29 is 0 Å². The van der Waals surface area contributed by atoms with Crippen LogP contribution in [0.3, 0.4) is 0 Å². The highest BCUT2D eigenvalue weighted by Gasteiger charge is 2.40. The van der Waals surface area contributed by atoms with Crippen LogP contribution in [-0.2, 0) is 0 Å². The smallest absolute Gasteiger partial charge is 0.0722 e. The quantitative estimate of drug-likeness (QED) is 0.935. The summed E-state index contributed by atoms with van der Waals surface area (Å²) in [5.74, 6) is 0. The van der Waals surface area contributed by atoms with Gasteiger partial charge < -0.3 is 10.2 Å². The van der Waals surface area contributed by atoms with Gasteiger partial charge in [0.15, 0.2) is 0 Å². The largest absolute Gasteiger partial charge is 0.365 e. The molecule has 21 heavy (non-hydrogen) atoms. The number of benzene rings is 1. The number of fused-ring (bicyclic) bond motifs is 3. The average molecular weight is 281 g/mol. The first-order chi connectivity index (χ1) is 10.4. The Balaban J connectivity index is 1.70. The molecular weight excluding hydrogens is 258 g/mol. The number of hydrogen-bond donors (Lipinski definition) is 1. The van der Waals surface area contributed by atoms with E-state index in [-0.39, 0.29) is 0 Å². The third-order valence-electron chi connectivity index (χ3n) is 5.13. The monoisotopic (exact) mass is 281 g/mol. The Kier molecular flexibility index (Phi) is 3.30. The molecule has 2 unspecified atom stereocenters. The summed E-state index contributed by atoms with van der Waals surface area (Å²) in [6.45, 7) is 3.30. The SMILES string of the molecule is CCNC1CC2CCC(C1)N2c1cccc2ncccc12. The Labute approximate surface area is 126 Å². The zero-order valence-electron chi connectivity index (χ0n) is 12.6. The lowest BCUT2D eigenvalue weighted by atomic mass is 9.95. The maximum atomic E-state index is 4.51. The predicted molar refractivity (Wildman–Crippen MR) is 87.7 cm³/mol. The molecule has 1 N–H and O–H groups in total. The maximum Gasteiger partial charge on any atom is 0.0722 e. The molecule has 3 nitrogen and oxygen atoms in total. The normalized spacial score (nSPS) is 28.2. The average Bonchev–Trinajstić information content (AvgIpc) is 2.78. The molecule has 0 aliphatic carbocycles. The summed E-state index contributed by atoms with van der Waals surface area (Å²) in [6.07, 6.45) is 7.12. The molecule has 0 spiro atoms. The number of aromatic nitrogens is 1. The van der Waals surface area contributed by atoms with E-state index in [0.29, 0.717) is 18.1 Å². The van der Waals surface area contributed by atoms with Gasteiger partial charge in [-0.25, -0.2) is 0 Å². The summed E-state index contributed by atoms with van der Waals surface area (Å²) in [5, 5.41) is 4.96. The minimum Gasteiger partial charge on any atom is -0.365 e. The summed E-state index contributed by atoms with van der Waals surface area (Å²) >= 11 is 0. The van der Waals surface area contributed by atoms with Crippen molar-refractivity contribution in [2.45, 2.75) is 50.7 Å². The number of pyridine rings is 1. The summed E-state index contributed by atoms with van der Waals surface area (Å²) in [6, 6.07) is 12.9. The third-order valence-corrected chi connectivity index (χ3v) is 5.13. The van der Waals surface area contributed by atoms with Gasteiger partial charge in [0, 0.05) is 35.4 Å². The van der Waals surface area contributed by atoms with Crippen LogP contribution < -0.4 is 10.2 Å². The second-order valence-corrected chi connectivity index (χ2v) is 6.37. The molecule has 2 aliphatic heterocycles. The Bertz CT molecular complexity index is 620. The van der Waals surface area contributed by atoms with Crippen LogP contribution >= 0.6 is 0 Å². The molecule has 3 heteroatoms. The van der Waals surface area contributed by atoms with Gasteiger partial charge in [-0.1, -0.05) is 13.0 Å². The standard InChI is InChI=1S/C18H23N3/c1-2-19-13-11-14-8-9-15(12-13)21(14)18-7-3-6-17-16(18)5-4-10-20-17/h3-7,10,13-15,19H,2,8-9,11-12H2,1H3. The van der Waals surface area contributed by atoms with E-state index in [0.717, 1.165) is 12.1 Å². The molecule has 2 saturated heterocycles. The number of nitrogens with one attached hydrogen (secondary N) is 1. The second kappa shape index (κ2) is 5.30. The molecule has 1 aromatic carbocycles. The lowest BCUT2D eigenvalue weighted by molar-refractivity contribution is 0.362. The summed E-state index contributed by atoms with van der Waals surface area (Å²) in [7, 11) is 0. The van der Waals surface area contributed by atoms with Crippen LogP contribution in [0.2, 0.25) is 0 Å². The predicted octanol–water partition coefficient (Wildman–Crippen LogP) is 3.34. The van der Waals surface area contributed by atoms with Crippen LogP contribution in [0.25, 0.3) is 10.9 Å². The molecule has 0 amide bonds. The number of nitrogens with zero attached hydrogens (tertiary/aromatic N) is 2. The van der Waals surface area contributed by atoms with Crippen molar-refractivity contribution >= 4 is 16.6 Å². The highest BCUT2D eigenvalue weighted by Crippen LogP contribution is 2.41. The zero-order chi connectivity index (χ0) is 14.2. The maximum absolute atomic E-state index is 4.51. The Hall–Kier alpha value is -1.61. The minimum atomic E-state index is 0.693. The van der Waals surface area contributed by atoms with E-state index in [1.807, 2.05) is 6.20 Å². The van der Waals surface area contributed by atoms with E-state index in [1.54, 1.807) is 0 Å². The van der Waals surface area contributed by atoms with Crippen molar-refractivity contribution in [3.63, 3.8) is 0 Å². The van der Waals surface area contributed by atoms with E-state index in [2.05, 4.69) is 52.5 Å². The lowest BCUT2D eigenvalue weighted by Gasteiger charge is -2.41. The van der Waals surface area contributed by atoms with Gasteiger partial charge in [-0.2, -0.15) is 0 Å². The van der Waals surface area contributed by atoms with Crippen molar-refractivity contribution in [1.82, 2.24) is 10.3 Å². The summed E-state index contributed by atoms with van der Waals surface area (Å²) < 4.78 is 0. The van der Waals surface area contributed by atoms with Crippen molar-refractivity contribution in [2.75, 3.05) is 11.4 Å². The van der Waals surface area contributed by atoms with Gasteiger partial charge in [0.05, 0.1) is 5.52 Å². The van der Waals surface area contributed by atoms with E-state index in [4.69, 9.17) is 0 Å². The Morgan fingerprint density at radius 3 is 2.71 bits per heavy atom. The topological polar surface area (TPSA) is 28.2 Å². The molecule has 0 radical (unpaired) electrons. The van der Waals surface area contributed by atoms with Gasteiger partial charge in [0.1, 0.15) is 0 Å². The van der Waals surface area contributed by atoms with E-state index < -0.39 is 0 Å². The molecule has 2 fully saturated rings. The fraction of sp³-hybridized carbons (Fsp3) is 0.500. The van der Waals surface area contributed by atoms with Gasteiger partial charge in [-0.15, -0.1) is 0 Å². The van der Waals surface area contributed by atoms with Crippen LogP contribution in [0.1, 0.15) is 32.6 Å². The third kappa shape index (κ3) is 2.20. The highest BCUT2D eigenvalue weighted by atomic mass is 15.2. The fourth-order valence-corrected chi connectivity index (χ4v) is 4.34. The Morgan fingerprint density at radius 1 is 1.14 bits per heavy atom. The molecule has 4 rings (SSSR count). The van der Waals surface area contributed by atoms with Gasteiger partial charge in [0.2, 0.25) is 0 Å². The second-order valence-electron chi connectivity index (χ2n) is 6.37. The van der Waals surface area contributed by atoms with Crippen molar-refractivity contribution in [3.05, 3.63) is 36.5 Å². The van der Waals surface area contributed by atoms with Crippen LogP contribution in [0.4, 0.5) is 5.69 Å². The van der Waals surface area contributed by atoms with Crippen molar-refractivity contribution in [2.24, 2.45) is 0 Å². The fourth-order valence-electron chi connectivity index (χ4n) is 4.34. The first-order valence-corrected chi connectivity index (χ1v) is 8.22. The zero-order valence-corrected chi connectivity index (χ0v) is 12.6. The molecule has 2 bridgehead atoms. The van der Waals surface area contributed by atoms with Crippen LogP contribution in [0.5, 0.6) is 0 Å². The molecule has 110 valence electrons. The Morgan fingerprint density at radius 2 is 1.95 bits per heavy atom. The molecule has 1 aromatic heterocycles. The van der Waals surface area contributed by atoms with E-state index in [9.17, 15) is 0 Å². The van der Waals surface area contributed by atoms with Gasteiger partial charge in [-0.3, -0.25) is 4.98 Å². The molecule has 3 heterocycles. The van der Waals surface area contributed by atoms with Gasteiger partial charge in [0.25, 0.3) is 0 Å². The summed E-state index contributed by atoms with van der Waals surface area (Å²) in [5.41, 5.74) is 2.51. The van der Waals surface area contributed by atoms with Gasteiger partial charge in [-0.05, 0) is 56.5 Å². The first-order valence-electron chi connectivity index (χ1n) is 8.22. The number of hydrogen-bond acceptors (Lipinski definition) is 3. The highest BCUT2D eigenvalue weighted by molar-refractivity contribution is 5.92. The summed E-state index contributed by atoms with van der Waals surface area (Å²) in [4.78, 5) is 7.20. The molecule has 2 aliphatic rings. The van der Waals surface area contributed by atoms with Crippen molar-refractivity contribution in [1.29, 1.82) is 0 Å². The molecule has 0 saturated carbocycles.